The Morgan fingerprint density at radius 2 is 1.60 bits per heavy atom. The molecule has 0 fully saturated rings. The Kier molecular flexibility index (Phi) is 4.54. The fourth-order valence-electron chi connectivity index (χ4n) is 1.03. The minimum atomic E-state index is -3.65. The van der Waals surface area contributed by atoms with Gasteiger partial charge >= 0.3 is 0 Å². The van der Waals surface area contributed by atoms with Gasteiger partial charge in [-0.25, -0.2) is 16.8 Å². The van der Waals surface area contributed by atoms with Gasteiger partial charge in [0.1, 0.15) is 0 Å². The summed E-state index contributed by atoms with van der Waals surface area (Å²) in [6.45, 7) is 7.34. The van der Waals surface area contributed by atoms with Crippen LogP contribution in [0.4, 0.5) is 0 Å². The number of hydrogen-bond acceptors (Lipinski definition) is 4. The first-order valence-corrected chi connectivity index (χ1v) is 7.98. The molecule has 0 radical (unpaired) electrons. The lowest BCUT2D eigenvalue weighted by atomic mass is 10.5. The molecule has 0 aromatic heterocycles. The molecule has 0 rings (SSSR count). The second-order valence-corrected chi connectivity index (χ2v) is 9.44. The van der Waals surface area contributed by atoms with Gasteiger partial charge in [-0.2, -0.15) is 0 Å². The molecule has 0 spiro atoms. The zero-order valence-corrected chi connectivity index (χ0v) is 11.0. The summed E-state index contributed by atoms with van der Waals surface area (Å²) in [7, 11) is -7.26. The first-order valence-electron chi connectivity index (χ1n) is 4.68. The lowest BCUT2D eigenvalue weighted by Crippen LogP contribution is -2.42. The van der Waals surface area contributed by atoms with E-state index >= 15 is 0 Å². The summed E-state index contributed by atoms with van der Waals surface area (Å²) in [6.07, 6.45) is 1.73. The Labute approximate surface area is 92.2 Å². The molecule has 90 valence electrons. The minimum Gasteiger partial charge on any atom is -0.227 e. The monoisotopic (exact) mass is 254 g/mol. The van der Waals surface area contributed by atoms with Crippen LogP contribution >= 0.6 is 0 Å². The van der Waals surface area contributed by atoms with E-state index < -0.39 is 23.8 Å². The number of rotatable bonds is 6. The van der Waals surface area contributed by atoms with E-state index in [-0.39, 0.29) is 17.9 Å². The highest BCUT2D eigenvalue weighted by Crippen LogP contribution is 2.25. The predicted octanol–water partition coefficient (Wildman–Crippen LogP) is 1.15. The van der Waals surface area contributed by atoms with Crippen LogP contribution in [0.1, 0.15) is 27.2 Å². The summed E-state index contributed by atoms with van der Waals surface area (Å²) >= 11 is 0. The highest BCUT2D eigenvalue weighted by atomic mass is 32.3. The summed E-state index contributed by atoms with van der Waals surface area (Å²) in [4.78, 5) is 0. The van der Waals surface area contributed by atoms with Crippen LogP contribution in [0.5, 0.6) is 0 Å². The predicted molar refractivity (Wildman–Crippen MR) is 62.1 cm³/mol. The number of sulfone groups is 2. The van der Waals surface area contributed by atoms with E-state index in [0.717, 1.165) is 0 Å². The van der Waals surface area contributed by atoms with E-state index in [4.69, 9.17) is 0 Å². The van der Waals surface area contributed by atoms with Gasteiger partial charge in [0.25, 0.3) is 0 Å². The average molecular weight is 254 g/mol. The molecule has 0 saturated carbocycles. The molecular formula is C9H18O4S2. The summed E-state index contributed by atoms with van der Waals surface area (Å²) in [5.74, 6) is -0.351. The first-order chi connectivity index (χ1) is 6.62. The van der Waals surface area contributed by atoms with Crippen molar-refractivity contribution < 1.29 is 16.8 Å². The van der Waals surface area contributed by atoms with E-state index in [9.17, 15) is 16.8 Å². The Morgan fingerprint density at radius 3 is 1.93 bits per heavy atom. The van der Waals surface area contributed by atoms with Crippen LogP contribution in [-0.4, -0.2) is 32.4 Å². The zero-order chi connectivity index (χ0) is 12.3. The van der Waals surface area contributed by atoms with Gasteiger partial charge in [0, 0.05) is 5.75 Å². The van der Waals surface area contributed by atoms with Crippen LogP contribution in [-0.2, 0) is 19.7 Å². The molecule has 15 heavy (non-hydrogen) atoms. The molecule has 0 aliphatic carbocycles. The van der Waals surface area contributed by atoms with Gasteiger partial charge in [-0.15, -0.1) is 6.58 Å². The van der Waals surface area contributed by atoms with Gasteiger partial charge in [-0.05, 0) is 20.3 Å². The molecule has 0 bridgehead atoms. The smallest absolute Gasteiger partial charge is 0.170 e. The molecule has 0 unspecified atom stereocenters. The van der Waals surface area contributed by atoms with Crippen molar-refractivity contribution in [1.29, 1.82) is 0 Å². The van der Waals surface area contributed by atoms with Crippen LogP contribution in [0.3, 0.4) is 0 Å². The second kappa shape index (κ2) is 4.65. The fraction of sp³-hybridized carbons (Fsp3) is 0.778. The van der Waals surface area contributed by atoms with Gasteiger partial charge in [-0.3, -0.25) is 0 Å². The standard InChI is InChI=1S/C9H18O4S2/c1-5-7-8-15(12,13)9(3,4)14(10,11)6-2/h5H,1,6-8H2,2-4H3. The lowest BCUT2D eigenvalue weighted by molar-refractivity contribution is 0.556. The van der Waals surface area contributed by atoms with E-state index in [1.165, 1.54) is 26.8 Å². The summed E-state index contributed by atoms with van der Waals surface area (Å²) < 4.78 is 45.1. The van der Waals surface area contributed by atoms with Crippen molar-refractivity contribution in [3.8, 4) is 0 Å². The summed E-state index contributed by atoms with van der Waals surface area (Å²) in [5.41, 5.74) is 0. The van der Waals surface area contributed by atoms with Crippen molar-refractivity contribution in [1.82, 2.24) is 0 Å². The van der Waals surface area contributed by atoms with Crippen molar-refractivity contribution in [2.75, 3.05) is 11.5 Å². The summed E-state index contributed by atoms with van der Waals surface area (Å²) in [6, 6.07) is 0. The molecule has 0 amide bonds. The molecule has 0 aromatic rings. The molecule has 0 saturated heterocycles. The SMILES string of the molecule is C=CCCS(=O)(=O)C(C)(C)S(=O)(=O)CC. The van der Waals surface area contributed by atoms with Crippen LogP contribution in [0, 0.1) is 0 Å². The molecule has 0 aliphatic rings. The Bertz CT molecular complexity index is 415. The van der Waals surface area contributed by atoms with Gasteiger partial charge in [0.05, 0.1) is 5.75 Å². The molecule has 0 aromatic carbocycles. The Balaban J connectivity index is 5.29. The van der Waals surface area contributed by atoms with E-state index in [0.29, 0.717) is 0 Å². The molecule has 0 aliphatic heterocycles. The Hall–Kier alpha value is -0.360. The molecule has 0 heterocycles. The molecule has 0 atom stereocenters. The number of allylic oxidation sites excluding steroid dienone is 1. The highest BCUT2D eigenvalue weighted by Gasteiger charge is 2.44. The second-order valence-electron chi connectivity index (χ2n) is 3.70. The lowest BCUT2D eigenvalue weighted by Gasteiger charge is -2.23. The maximum absolute atomic E-state index is 11.8. The maximum atomic E-state index is 11.8. The quantitative estimate of drug-likeness (QED) is 0.667. The van der Waals surface area contributed by atoms with Crippen molar-refractivity contribution >= 4 is 19.7 Å². The average Bonchev–Trinajstić information content (AvgIpc) is 2.14. The van der Waals surface area contributed by atoms with Gasteiger partial charge in [0.2, 0.25) is 0 Å². The molecule has 6 heteroatoms. The molecule has 4 nitrogen and oxygen atoms in total. The third-order valence-corrected chi connectivity index (χ3v) is 8.52. The minimum absolute atomic E-state index is 0.173. The van der Waals surface area contributed by atoms with Crippen molar-refractivity contribution in [3.05, 3.63) is 12.7 Å². The van der Waals surface area contributed by atoms with Gasteiger partial charge in [0.15, 0.2) is 23.8 Å². The topological polar surface area (TPSA) is 68.3 Å². The van der Waals surface area contributed by atoms with Gasteiger partial charge < -0.3 is 0 Å². The molecule has 0 N–H and O–H groups in total. The largest absolute Gasteiger partial charge is 0.227 e. The maximum Gasteiger partial charge on any atom is 0.170 e. The highest BCUT2D eigenvalue weighted by molar-refractivity contribution is 8.10. The van der Waals surface area contributed by atoms with Crippen molar-refractivity contribution in [3.63, 3.8) is 0 Å². The fourth-order valence-corrected chi connectivity index (χ4v) is 4.84. The molecular weight excluding hydrogens is 236 g/mol. The van der Waals surface area contributed by atoms with E-state index in [1.807, 2.05) is 0 Å². The van der Waals surface area contributed by atoms with Gasteiger partial charge in [-0.1, -0.05) is 13.0 Å². The van der Waals surface area contributed by atoms with Crippen LogP contribution in [0.15, 0.2) is 12.7 Å². The third-order valence-electron chi connectivity index (χ3n) is 2.47. The van der Waals surface area contributed by atoms with Crippen LogP contribution in [0.25, 0.3) is 0 Å². The number of hydrogen-bond donors (Lipinski definition) is 0. The first kappa shape index (κ1) is 14.6. The third kappa shape index (κ3) is 2.81. The van der Waals surface area contributed by atoms with E-state index in [1.54, 1.807) is 0 Å². The van der Waals surface area contributed by atoms with Crippen molar-refractivity contribution in [2.24, 2.45) is 0 Å². The normalized spacial score (nSPS) is 13.8. The zero-order valence-electron chi connectivity index (χ0n) is 9.36. The van der Waals surface area contributed by atoms with Crippen molar-refractivity contribution in [2.45, 2.75) is 31.3 Å². The van der Waals surface area contributed by atoms with E-state index in [2.05, 4.69) is 6.58 Å². The van der Waals surface area contributed by atoms with Crippen LogP contribution in [0.2, 0.25) is 0 Å². The Morgan fingerprint density at radius 1 is 1.13 bits per heavy atom. The van der Waals surface area contributed by atoms with Crippen LogP contribution < -0.4 is 0 Å². The summed E-state index contributed by atoms with van der Waals surface area (Å²) in [5, 5.41) is 0.